The largest absolute Gasteiger partial charge is 0.481 e. The van der Waals surface area contributed by atoms with Crippen LogP contribution in [0.3, 0.4) is 0 Å². The van der Waals surface area contributed by atoms with Crippen LogP contribution in [0.15, 0.2) is 0 Å². The van der Waals surface area contributed by atoms with E-state index in [2.05, 4.69) is 19.2 Å². The van der Waals surface area contributed by atoms with Crippen LogP contribution in [0.25, 0.3) is 0 Å². The SMILES string of the molecule is C[C@@]12CCC[C@H]1[C@@H]1CC[C@H]3NC(=O)C(C(=O)O)C[C@]3(C)[C@H]1CC2. The number of carboxylic acid groups (broad SMARTS) is 1. The molecule has 3 saturated carbocycles. The van der Waals surface area contributed by atoms with Gasteiger partial charge in [0.1, 0.15) is 5.92 Å². The molecule has 23 heavy (non-hydrogen) atoms. The third-order valence-electron chi connectivity index (χ3n) is 8.23. The van der Waals surface area contributed by atoms with Gasteiger partial charge in [-0.15, -0.1) is 0 Å². The summed E-state index contributed by atoms with van der Waals surface area (Å²) in [6.45, 7) is 4.75. The minimum Gasteiger partial charge on any atom is -0.481 e. The summed E-state index contributed by atoms with van der Waals surface area (Å²) in [6.07, 6.45) is 9.36. The number of nitrogens with one attached hydrogen (secondary N) is 1. The topological polar surface area (TPSA) is 66.4 Å². The fraction of sp³-hybridized carbons (Fsp3) is 0.895. The summed E-state index contributed by atoms with van der Waals surface area (Å²) in [5, 5.41) is 12.5. The second kappa shape index (κ2) is 4.97. The Balaban J connectivity index is 1.65. The minimum atomic E-state index is -0.953. The van der Waals surface area contributed by atoms with Crippen molar-refractivity contribution in [1.29, 1.82) is 0 Å². The number of aliphatic carboxylic acids is 1. The van der Waals surface area contributed by atoms with Crippen LogP contribution in [0.5, 0.6) is 0 Å². The standard InChI is InChI=1S/C19H29NO3/c1-18-8-3-4-13(18)11-5-6-15-19(2,14(11)7-9-18)10-12(17(22)23)16(21)20-15/h11-15H,3-10H2,1-2H3,(H,20,21)(H,22,23)/t11-,12?,13-,14-,15+,18-,19+/m0/s1. The van der Waals surface area contributed by atoms with Crippen molar-refractivity contribution in [2.45, 2.75) is 71.3 Å². The fourth-order valence-corrected chi connectivity index (χ4v) is 6.98. The van der Waals surface area contributed by atoms with E-state index in [1.807, 2.05) is 0 Å². The third-order valence-corrected chi connectivity index (χ3v) is 8.23. The molecule has 4 aliphatic rings. The summed E-state index contributed by atoms with van der Waals surface area (Å²) in [6, 6.07) is 0.178. The zero-order valence-corrected chi connectivity index (χ0v) is 14.3. The van der Waals surface area contributed by atoms with Crippen molar-refractivity contribution in [2.75, 3.05) is 0 Å². The van der Waals surface area contributed by atoms with Crippen molar-refractivity contribution in [3.8, 4) is 0 Å². The molecule has 1 amide bonds. The van der Waals surface area contributed by atoms with Crippen LogP contribution in [0.2, 0.25) is 0 Å². The van der Waals surface area contributed by atoms with Gasteiger partial charge in [0.2, 0.25) is 5.91 Å². The van der Waals surface area contributed by atoms with Gasteiger partial charge in [0.15, 0.2) is 0 Å². The average Bonchev–Trinajstić information content (AvgIpc) is 2.89. The first-order valence-corrected chi connectivity index (χ1v) is 9.38. The lowest BCUT2D eigenvalue weighted by molar-refractivity contribution is -0.159. The smallest absolute Gasteiger partial charge is 0.316 e. The van der Waals surface area contributed by atoms with Crippen molar-refractivity contribution in [2.24, 2.45) is 34.5 Å². The number of amides is 1. The summed E-state index contributed by atoms with van der Waals surface area (Å²) in [5.74, 6) is 0.0689. The molecule has 0 radical (unpaired) electrons. The van der Waals surface area contributed by atoms with Gasteiger partial charge in [0.05, 0.1) is 0 Å². The van der Waals surface area contributed by atoms with Gasteiger partial charge in [0.25, 0.3) is 0 Å². The van der Waals surface area contributed by atoms with Crippen LogP contribution in [-0.4, -0.2) is 23.0 Å². The quantitative estimate of drug-likeness (QED) is 0.729. The third kappa shape index (κ3) is 2.09. The van der Waals surface area contributed by atoms with Crippen LogP contribution in [0, 0.1) is 34.5 Å². The number of hydrogen-bond donors (Lipinski definition) is 2. The lowest BCUT2D eigenvalue weighted by atomic mass is 9.47. The summed E-state index contributed by atoms with van der Waals surface area (Å²) in [4.78, 5) is 23.6. The second-order valence-electron chi connectivity index (χ2n) is 9.20. The maximum absolute atomic E-state index is 12.1. The summed E-state index contributed by atoms with van der Waals surface area (Å²) < 4.78 is 0. The number of hydrogen-bond acceptors (Lipinski definition) is 2. The van der Waals surface area contributed by atoms with Crippen LogP contribution in [0.4, 0.5) is 0 Å². The first kappa shape index (κ1) is 15.5. The van der Waals surface area contributed by atoms with Crippen LogP contribution in [0.1, 0.15) is 65.2 Å². The lowest BCUT2D eigenvalue weighted by Crippen LogP contribution is -2.63. The maximum Gasteiger partial charge on any atom is 0.316 e. The number of rotatable bonds is 1. The van der Waals surface area contributed by atoms with Gasteiger partial charge in [-0.3, -0.25) is 9.59 Å². The van der Waals surface area contributed by atoms with E-state index in [0.29, 0.717) is 17.8 Å². The molecule has 2 N–H and O–H groups in total. The Kier molecular flexibility index (Phi) is 3.34. The fourth-order valence-electron chi connectivity index (χ4n) is 6.98. The van der Waals surface area contributed by atoms with Gasteiger partial charge < -0.3 is 10.4 Å². The molecular formula is C19H29NO3. The summed E-state index contributed by atoms with van der Waals surface area (Å²) in [7, 11) is 0. The number of carbonyl (C=O) groups is 2. The first-order valence-electron chi connectivity index (χ1n) is 9.38. The molecule has 1 heterocycles. The van der Waals surface area contributed by atoms with E-state index in [4.69, 9.17) is 0 Å². The lowest BCUT2D eigenvalue weighted by Gasteiger charge is -2.60. The molecule has 7 atom stereocenters. The summed E-state index contributed by atoms with van der Waals surface area (Å²) >= 11 is 0. The molecule has 1 saturated heterocycles. The zero-order valence-electron chi connectivity index (χ0n) is 14.3. The minimum absolute atomic E-state index is 0.0379. The molecule has 1 aliphatic heterocycles. The van der Waals surface area contributed by atoms with Crippen molar-refractivity contribution in [3.63, 3.8) is 0 Å². The maximum atomic E-state index is 12.1. The van der Waals surface area contributed by atoms with Crippen molar-refractivity contribution in [3.05, 3.63) is 0 Å². The van der Waals surface area contributed by atoms with Crippen molar-refractivity contribution < 1.29 is 14.7 Å². The normalized spacial score (nSPS) is 52.1. The van der Waals surface area contributed by atoms with E-state index in [-0.39, 0.29) is 17.4 Å². The van der Waals surface area contributed by atoms with E-state index >= 15 is 0 Å². The molecule has 4 heteroatoms. The van der Waals surface area contributed by atoms with Crippen LogP contribution in [-0.2, 0) is 9.59 Å². The molecule has 0 aromatic heterocycles. The first-order chi connectivity index (χ1) is 10.8. The van der Waals surface area contributed by atoms with E-state index in [1.54, 1.807) is 0 Å². The monoisotopic (exact) mass is 319 g/mol. The molecule has 1 unspecified atom stereocenters. The Labute approximate surface area is 138 Å². The molecule has 0 spiro atoms. The Hall–Kier alpha value is -1.06. The van der Waals surface area contributed by atoms with Crippen LogP contribution >= 0.6 is 0 Å². The van der Waals surface area contributed by atoms with Gasteiger partial charge in [-0.25, -0.2) is 0 Å². The molecule has 4 rings (SSSR count). The molecule has 3 aliphatic carbocycles. The molecule has 4 nitrogen and oxygen atoms in total. The van der Waals surface area contributed by atoms with E-state index < -0.39 is 11.9 Å². The van der Waals surface area contributed by atoms with E-state index in [1.165, 1.54) is 38.5 Å². The summed E-state index contributed by atoms with van der Waals surface area (Å²) in [5.41, 5.74) is 0.484. The van der Waals surface area contributed by atoms with E-state index in [9.17, 15) is 14.7 Å². The highest BCUT2D eigenvalue weighted by Crippen LogP contribution is 2.64. The van der Waals surface area contributed by atoms with Gasteiger partial charge in [-0.2, -0.15) is 0 Å². The van der Waals surface area contributed by atoms with Crippen LogP contribution < -0.4 is 5.32 Å². The highest BCUT2D eigenvalue weighted by atomic mass is 16.4. The average molecular weight is 319 g/mol. The Morgan fingerprint density at radius 3 is 2.65 bits per heavy atom. The van der Waals surface area contributed by atoms with Gasteiger partial charge in [-0.05, 0) is 73.5 Å². The second-order valence-corrected chi connectivity index (χ2v) is 9.20. The van der Waals surface area contributed by atoms with Crippen molar-refractivity contribution in [1.82, 2.24) is 5.32 Å². The Morgan fingerprint density at radius 2 is 1.91 bits per heavy atom. The molecule has 0 aromatic rings. The predicted molar refractivity (Wildman–Crippen MR) is 86.7 cm³/mol. The Morgan fingerprint density at radius 1 is 1.13 bits per heavy atom. The number of carbonyl (C=O) groups excluding carboxylic acids is 1. The molecule has 0 bridgehead atoms. The highest BCUT2D eigenvalue weighted by Gasteiger charge is 2.59. The number of carboxylic acids is 1. The Bertz CT molecular complexity index is 547. The molecule has 0 aromatic carbocycles. The highest BCUT2D eigenvalue weighted by molar-refractivity contribution is 5.97. The molecule has 128 valence electrons. The van der Waals surface area contributed by atoms with Gasteiger partial charge >= 0.3 is 5.97 Å². The van der Waals surface area contributed by atoms with Gasteiger partial charge in [-0.1, -0.05) is 20.3 Å². The zero-order chi connectivity index (χ0) is 16.4. The van der Waals surface area contributed by atoms with Crippen molar-refractivity contribution >= 4 is 11.9 Å². The number of fused-ring (bicyclic) bond motifs is 5. The van der Waals surface area contributed by atoms with E-state index in [0.717, 1.165) is 18.3 Å². The number of piperidine rings is 1. The molecular weight excluding hydrogens is 290 g/mol. The molecule has 4 fully saturated rings. The predicted octanol–water partition coefficient (Wildman–Crippen LogP) is 3.21. The van der Waals surface area contributed by atoms with Gasteiger partial charge in [0, 0.05) is 6.04 Å².